The van der Waals surface area contributed by atoms with Crippen LogP contribution >= 0.6 is 11.3 Å². The molecule has 2 saturated heterocycles. The second-order valence-corrected chi connectivity index (χ2v) is 9.64. The number of piperidine rings is 2. The molecule has 0 bridgehead atoms. The fourth-order valence-corrected chi connectivity index (χ4v) is 5.28. The van der Waals surface area contributed by atoms with Gasteiger partial charge in [0.25, 0.3) is 5.91 Å². The third kappa shape index (κ3) is 5.76. The lowest BCUT2D eigenvalue weighted by atomic mass is 9.93. The number of hydrogen-bond acceptors (Lipinski definition) is 4. The van der Waals surface area contributed by atoms with Crippen LogP contribution in [0.1, 0.15) is 47.3 Å². The van der Waals surface area contributed by atoms with Gasteiger partial charge in [-0.25, -0.2) is 0 Å². The topological polar surface area (TPSA) is 69.7 Å². The van der Waals surface area contributed by atoms with Crippen LogP contribution in [0.4, 0.5) is 0 Å². The summed E-state index contributed by atoms with van der Waals surface area (Å²) < 4.78 is 0. The standard InChI is InChI=1S/C25H31N3O3S/c29-23(9-8-19-5-2-1-3-6-19)26-21-12-16-27(17-13-21)24(30)20-10-14-28(15-11-20)25(31)22-7-4-18-32-22/h1-7,18,20-21H,8-17H2,(H,26,29). The molecule has 6 nitrogen and oxygen atoms in total. The first-order chi connectivity index (χ1) is 15.6. The van der Waals surface area contributed by atoms with Crippen LogP contribution < -0.4 is 5.32 Å². The van der Waals surface area contributed by atoms with Crippen LogP contribution in [0.2, 0.25) is 0 Å². The molecule has 2 fully saturated rings. The van der Waals surface area contributed by atoms with Gasteiger partial charge in [-0.05, 0) is 49.1 Å². The van der Waals surface area contributed by atoms with Crippen LogP contribution in [-0.4, -0.2) is 59.7 Å². The number of thiophene rings is 1. The van der Waals surface area contributed by atoms with Crippen molar-refractivity contribution < 1.29 is 14.4 Å². The van der Waals surface area contributed by atoms with Crippen molar-refractivity contribution in [3.63, 3.8) is 0 Å². The first kappa shape index (κ1) is 22.5. The number of nitrogens with one attached hydrogen (secondary N) is 1. The fraction of sp³-hybridized carbons (Fsp3) is 0.480. The van der Waals surface area contributed by atoms with Gasteiger partial charge in [-0.2, -0.15) is 0 Å². The van der Waals surface area contributed by atoms with Gasteiger partial charge in [0.15, 0.2) is 0 Å². The minimum absolute atomic E-state index is 0.000556. The minimum atomic E-state index is -0.000556. The number of benzene rings is 1. The smallest absolute Gasteiger partial charge is 0.263 e. The summed E-state index contributed by atoms with van der Waals surface area (Å²) in [6, 6.07) is 13.9. The summed E-state index contributed by atoms with van der Waals surface area (Å²) in [5.41, 5.74) is 1.17. The van der Waals surface area contributed by atoms with Gasteiger partial charge in [-0.3, -0.25) is 14.4 Å². The van der Waals surface area contributed by atoms with E-state index in [-0.39, 0.29) is 29.7 Å². The van der Waals surface area contributed by atoms with Gasteiger partial charge in [0.1, 0.15) is 0 Å². The maximum absolute atomic E-state index is 13.0. The average molecular weight is 454 g/mol. The van der Waals surface area contributed by atoms with E-state index in [1.165, 1.54) is 16.9 Å². The number of carbonyl (C=O) groups excluding carboxylic acids is 3. The van der Waals surface area contributed by atoms with Crippen LogP contribution in [0.5, 0.6) is 0 Å². The van der Waals surface area contributed by atoms with Crippen molar-refractivity contribution in [1.82, 2.24) is 15.1 Å². The number of nitrogens with zero attached hydrogens (tertiary/aromatic N) is 2. The second-order valence-electron chi connectivity index (χ2n) is 8.70. The van der Waals surface area contributed by atoms with Crippen LogP contribution in [-0.2, 0) is 16.0 Å². The number of aryl methyl sites for hydroxylation is 1. The van der Waals surface area contributed by atoms with E-state index >= 15 is 0 Å². The van der Waals surface area contributed by atoms with E-state index in [4.69, 9.17) is 0 Å². The number of carbonyl (C=O) groups is 3. The van der Waals surface area contributed by atoms with Gasteiger partial charge in [-0.15, -0.1) is 11.3 Å². The van der Waals surface area contributed by atoms with Crippen LogP contribution in [0.15, 0.2) is 47.8 Å². The molecular weight excluding hydrogens is 422 g/mol. The van der Waals surface area contributed by atoms with Gasteiger partial charge in [-0.1, -0.05) is 36.4 Å². The monoisotopic (exact) mass is 453 g/mol. The SMILES string of the molecule is O=C(CCc1ccccc1)NC1CCN(C(=O)C2CCN(C(=O)c3cccs3)CC2)CC1. The Balaban J connectivity index is 1.16. The second kappa shape index (κ2) is 10.8. The van der Waals surface area contributed by atoms with Gasteiger partial charge < -0.3 is 15.1 Å². The lowest BCUT2D eigenvalue weighted by molar-refractivity contribution is -0.138. The quantitative estimate of drug-likeness (QED) is 0.729. The zero-order valence-electron chi connectivity index (χ0n) is 18.4. The highest BCUT2D eigenvalue weighted by molar-refractivity contribution is 7.12. The van der Waals surface area contributed by atoms with Gasteiger partial charge in [0, 0.05) is 44.6 Å². The molecule has 3 amide bonds. The van der Waals surface area contributed by atoms with E-state index in [0.717, 1.165) is 37.0 Å². The molecule has 1 aromatic heterocycles. The summed E-state index contributed by atoms with van der Waals surface area (Å²) in [6.45, 7) is 2.66. The molecule has 0 spiro atoms. The van der Waals surface area contributed by atoms with Crippen molar-refractivity contribution in [2.45, 2.75) is 44.6 Å². The van der Waals surface area contributed by atoms with Crippen LogP contribution in [0.25, 0.3) is 0 Å². The van der Waals surface area contributed by atoms with Crippen LogP contribution in [0.3, 0.4) is 0 Å². The molecule has 170 valence electrons. The normalized spacial score (nSPS) is 17.9. The molecule has 3 heterocycles. The average Bonchev–Trinajstić information content (AvgIpc) is 3.38. The summed E-state index contributed by atoms with van der Waals surface area (Å²) in [5, 5.41) is 5.06. The van der Waals surface area contributed by atoms with E-state index in [1.54, 1.807) is 0 Å². The predicted octanol–water partition coefficient (Wildman–Crippen LogP) is 3.34. The van der Waals surface area contributed by atoms with E-state index in [1.807, 2.05) is 57.6 Å². The molecule has 0 aliphatic carbocycles. The molecule has 32 heavy (non-hydrogen) atoms. The first-order valence-corrected chi connectivity index (χ1v) is 12.4. The fourth-order valence-electron chi connectivity index (χ4n) is 4.59. The molecule has 4 rings (SSSR count). The summed E-state index contributed by atoms with van der Waals surface area (Å²) in [6.07, 6.45) is 4.30. The highest BCUT2D eigenvalue weighted by atomic mass is 32.1. The Bertz CT molecular complexity index is 900. The summed E-state index contributed by atoms with van der Waals surface area (Å²) in [5.74, 6) is 0.373. The Hall–Kier alpha value is -2.67. The Morgan fingerprint density at radius 2 is 1.56 bits per heavy atom. The third-order valence-corrected chi connectivity index (χ3v) is 7.38. The minimum Gasteiger partial charge on any atom is -0.353 e. The van der Waals surface area contributed by atoms with Crippen molar-refractivity contribution in [3.05, 3.63) is 58.3 Å². The number of amides is 3. The highest BCUT2D eigenvalue weighted by Gasteiger charge is 2.32. The Morgan fingerprint density at radius 3 is 2.22 bits per heavy atom. The largest absolute Gasteiger partial charge is 0.353 e. The van der Waals surface area contributed by atoms with E-state index in [9.17, 15) is 14.4 Å². The lowest BCUT2D eigenvalue weighted by Gasteiger charge is -2.37. The highest BCUT2D eigenvalue weighted by Crippen LogP contribution is 2.24. The Kier molecular flexibility index (Phi) is 7.58. The van der Waals surface area contributed by atoms with Gasteiger partial charge >= 0.3 is 0 Å². The molecule has 1 aromatic carbocycles. The maximum Gasteiger partial charge on any atom is 0.263 e. The summed E-state index contributed by atoms with van der Waals surface area (Å²) in [4.78, 5) is 42.4. The van der Waals surface area contributed by atoms with Crippen LogP contribution in [0, 0.1) is 5.92 Å². The third-order valence-electron chi connectivity index (χ3n) is 6.52. The molecule has 2 aliphatic heterocycles. The number of hydrogen-bond donors (Lipinski definition) is 1. The Morgan fingerprint density at radius 1 is 0.875 bits per heavy atom. The van der Waals surface area contributed by atoms with Gasteiger partial charge in [0.2, 0.25) is 11.8 Å². The van der Waals surface area contributed by atoms with E-state index in [0.29, 0.717) is 32.6 Å². The molecule has 0 saturated carbocycles. The molecule has 2 aromatic rings. The van der Waals surface area contributed by atoms with Gasteiger partial charge in [0.05, 0.1) is 4.88 Å². The van der Waals surface area contributed by atoms with Crippen molar-refractivity contribution in [3.8, 4) is 0 Å². The van der Waals surface area contributed by atoms with Crippen molar-refractivity contribution >= 4 is 29.1 Å². The summed E-state index contributed by atoms with van der Waals surface area (Å²) >= 11 is 1.46. The molecule has 0 unspecified atom stereocenters. The maximum atomic E-state index is 13.0. The number of likely N-dealkylation sites (tertiary alicyclic amines) is 2. The van der Waals surface area contributed by atoms with Crippen molar-refractivity contribution in [2.24, 2.45) is 5.92 Å². The molecule has 7 heteroatoms. The predicted molar refractivity (Wildman–Crippen MR) is 125 cm³/mol. The van der Waals surface area contributed by atoms with E-state index in [2.05, 4.69) is 5.32 Å². The molecule has 0 atom stereocenters. The summed E-state index contributed by atoms with van der Waals surface area (Å²) in [7, 11) is 0. The number of rotatable bonds is 6. The van der Waals surface area contributed by atoms with E-state index < -0.39 is 0 Å². The van der Waals surface area contributed by atoms with Crippen molar-refractivity contribution in [1.29, 1.82) is 0 Å². The zero-order chi connectivity index (χ0) is 22.3. The molecule has 0 radical (unpaired) electrons. The molecular formula is C25H31N3O3S. The molecule has 1 N–H and O–H groups in total. The Labute approximate surface area is 193 Å². The van der Waals surface area contributed by atoms with Crippen molar-refractivity contribution in [2.75, 3.05) is 26.2 Å². The first-order valence-electron chi connectivity index (χ1n) is 11.5. The zero-order valence-corrected chi connectivity index (χ0v) is 19.2. The molecule has 2 aliphatic rings. The lowest BCUT2D eigenvalue weighted by Crippen LogP contribution is -2.50.